The van der Waals surface area contributed by atoms with Crippen LogP contribution in [0.1, 0.15) is 19.8 Å². The third-order valence-electron chi connectivity index (χ3n) is 3.44. The number of nitrogens with one attached hydrogen (secondary N) is 2. The van der Waals surface area contributed by atoms with Gasteiger partial charge in [0.15, 0.2) is 0 Å². The van der Waals surface area contributed by atoms with Gasteiger partial charge in [-0.2, -0.15) is 0 Å². The van der Waals surface area contributed by atoms with E-state index in [0.29, 0.717) is 0 Å². The molecule has 0 spiro atoms. The summed E-state index contributed by atoms with van der Waals surface area (Å²) in [6.45, 7) is 13.1. The second-order valence-corrected chi connectivity index (χ2v) is 4.85. The maximum absolute atomic E-state index is 3.39. The van der Waals surface area contributed by atoms with E-state index in [1.54, 1.807) is 0 Å². The van der Waals surface area contributed by atoms with E-state index in [9.17, 15) is 0 Å². The van der Waals surface area contributed by atoms with Crippen LogP contribution < -0.4 is 10.6 Å². The highest BCUT2D eigenvalue weighted by atomic mass is 15.3. The van der Waals surface area contributed by atoms with Crippen LogP contribution in [-0.2, 0) is 0 Å². The SMILES string of the molecule is CCNCCCN1CCN(CCCNC)CC1. The van der Waals surface area contributed by atoms with Gasteiger partial charge in [0.25, 0.3) is 0 Å². The van der Waals surface area contributed by atoms with Crippen molar-refractivity contribution in [1.29, 1.82) is 0 Å². The van der Waals surface area contributed by atoms with Crippen LogP contribution in [0.4, 0.5) is 0 Å². The summed E-state index contributed by atoms with van der Waals surface area (Å²) < 4.78 is 0. The molecule has 0 aromatic rings. The van der Waals surface area contributed by atoms with Gasteiger partial charge in [0.2, 0.25) is 0 Å². The first-order valence-electron chi connectivity index (χ1n) is 7.17. The van der Waals surface area contributed by atoms with Crippen LogP contribution in [0, 0.1) is 0 Å². The predicted octanol–water partition coefficient (Wildman–Crippen LogP) is 0.213. The quantitative estimate of drug-likeness (QED) is 0.566. The Bertz CT molecular complexity index is 167. The van der Waals surface area contributed by atoms with Gasteiger partial charge >= 0.3 is 0 Å². The molecule has 0 aliphatic carbocycles. The standard InChI is InChI=1S/C13H30N4/c1-3-15-7-5-9-17-12-10-16(11-13-17)8-4-6-14-2/h14-15H,3-13H2,1-2H3. The minimum absolute atomic E-state index is 1.10. The van der Waals surface area contributed by atoms with E-state index in [4.69, 9.17) is 0 Å². The summed E-state index contributed by atoms with van der Waals surface area (Å²) in [4.78, 5) is 5.20. The first kappa shape index (κ1) is 14.9. The third-order valence-corrected chi connectivity index (χ3v) is 3.44. The van der Waals surface area contributed by atoms with Crippen molar-refractivity contribution in [3.63, 3.8) is 0 Å². The Morgan fingerprint density at radius 3 is 1.88 bits per heavy atom. The molecule has 0 radical (unpaired) electrons. The van der Waals surface area contributed by atoms with Gasteiger partial charge in [0.05, 0.1) is 0 Å². The minimum Gasteiger partial charge on any atom is -0.320 e. The highest BCUT2D eigenvalue weighted by Crippen LogP contribution is 2.02. The second kappa shape index (κ2) is 9.83. The highest BCUT2D eigenvalue weighted by Gasteiger charge is 2.15. The van der Waals surface area contributed by atoms with Gasteiger partial charge in [-0.3, -0.25) is 0 Å². The molecule has 1 saturated heterocycles. The fourth-order valence-electron chi connectivity index (χ4n) is 2.32. The zero-order chi connectivity index (χ0) is 12.3. The monoisotopic (exact) mass is 242 g/mol. The van der Waals surface area contributed by atoms with Crippen LogP contribution in [0.15, 0.2) is 0 Å². The fraction of sp³-hybridized carbons (Fsp3) is 1.00. The Balaban J connectivity index is 1.97. The van der Waals surface area contributed by atoms with Gasteiger partial charge in [0.1, 0.15) is 0 Å². The largest absolute Gasteiger partial charge is 0.320 e. The minimum atomic E-state index is 1.10. The van der Waals surface area contributed by atoms with Crippen molar-refractivity contribution in [2.24, 2.45) is 0 Å². The molecule has 1 heterocycles. The summed E-state index contributed by atoms with van der Waals surface area (Å²) in [7, 11) is 2.03. The molecule has 0 aromatic heterocycles. The normalized spacial score (nSPS) is 18.7. The second-order valence-electron chi connectivity index (χ2n) is 4.85. The van der Waals surface area contributed by atoms with E-state index in [1.165, 1.54) is 58.7 Å². The van der Waals surface area contributed by atoms with Gasteiger partial charge in [-0.25, -0.2) is 0 Å². The summed E-state index contributed by atoms with van der Waals surface area (Å²) in [5.74, 6) is 0. The van der Waals surface area contributed by atoms with Crippen LogP contribution in [0.25, 0.3) is 0 Å². The maximum atomic E-state index is 3.39. The van der Waals surface area contributed by atoms with Gasteiger partial charge in [-0.15, -0.1) is 0 Å². The topological polar surface area (TPSA) is 30.5 Å². The van der Waals surface area contributed by atoms with Gasteiger partial charge in [-0.1, -0.05) is 6.92 Å². The molecule has 17 heavy (non-hydrogen) atoms. The van der Waals surface area contributed by atoms with E-state index >= 15 is 0 Å². The summed E-state index contributed by atoms with van der Waals surface area (Å²) >= 11 is 0. The molecule has 0 bridgehead atoms. The average molecular weight is 242 g/mol. The summed E-state index contributed by atoms with van der Waals surface area (Å²) in [6.07, 6.45) is 2.56. The Morgan fingerprint density at radius 2 is 1.41 bits per heavy atom. The summed E-state index contributed by atoms with van der Waals surface area (Å²) in [6, 6.07) is 0. The predicted molar refractivity (Wildman–Crippen MR) is 74.6 cm³/mol. The molecule has 4 heteroatoms. The number of rotatable bonds is 9. The first-order valence-corrected chi connectivity index (χ1v) is 7.17. The first-order chi connectivity index (χ1) is 8.36. The number of hydrogen-bond acceptors (Lipinski definition) is 4. The van der Waals surface area contributed by atoms with Gasteiger partial charge in [0, 0.05) is 26.2 Å². The lowest BCUT2D eigenvalue weighted by Gasteiger charge is -2.34. The van der Waals surface area contributed by atoms with Crippen LogP contribution in [0.3, 0.4) is 0 Å². The lowest BCUT2D eigenvalue weighted by Crippen LogP contribution is -2.47. The number of piperazine rings is 1. The molecular weight excluding hydrogens is 212 g/mol. The maximum Gasteiger partial charge on any atom is 0.0110 e. The Morgan fingerprint density at radius 1 is 0.882 bits per heavy atom. The van der Waals surface area contributed by atoms with Crippen LogP contribution in [-0.4, -0.2) is 75.8 Å². The van der Waals surface area contributed by atoms with Crippen LogP contribution >= 0.6 is 0 Å². The Labute approximate surface area is 107 Å². The number of nitrogens with zero attached hydrogens (tertiary/aromatic N) is 2. The number of hydrogen-bond donors (Lipinski definition) is 2. The highest BCUT2D eigenvalue weighted by molar-refractivity contribution is 4.72. The van der Waals surface area contributed by atoms with Crippen molar-refractivity contribution in [3.05, 3.63) is 0 Å². The van der Waals surface area contributed by atoms with Crippen LogP contribution in [0.5, 0.6) is 0 Å². The van der Waals surface area contributed by atoms with Crippen molar-refractivity contribution in [1.82, 2.24) is 20.4 Å². The molecule has 0 saturated carbocycles. The van der Waals surface area contributed by atoms with E-state index < -0.39 is 0 Å². The van der Waals surface area contributed by atoms with Gasteiger partial charge in [-0.05, 0) is 52.6 Å². The van der Waals surface area contributed by atoms with E-state index in [1.807, 2.05) is 7.05 Å². The molecule has 1 aliphatic heterocycles. The molecule has 2 N–H and O–H groups in total. The third kappa shape index (κ3) is 6.99. The molecule has 102 valence electrons. The molecule has 0 aromatic carbocycles. The van der Waals surface area contributed by atoms with Crippen molar-refractivity contribution >= 4 is 0 Å². The van der Waals surface area contributed by atoms with Crippen LogP contribution in [0.2, 0.25) is 0 Å². The van der Waals surface area contributed by atoms with E-state index in [2.05, 4.69) is 27.4 Å². The molecule has 1 fully saturated rings. The molecule has 0 unspecified atom stereocenters. The molecular formula is C13H30N4. The van der Waals surface area contributed by atoms with Crippen molar-refractivity contribution < 1.29 is 0 Å². The average Bonchev–Trinajstić information content (AvgIpc) is 2.37. The molecule has 0 amide bonds. The van der Waals surface area contributed by atoms with Gasteiger partial charge < -0.3 is 20.4 Å². The summed E-state index contributed by atoms with van der Waals surface area (Å²) in [5.41, 5.74) is 0. The zero-order valence-electron chi connectivity index (χ0n) is 11.7. The van der Waals surface area contributed by atoms with Crippen molar-refractivity contribution in [3.8, 4) is 0 Å². The van der Waals surface area contributed by atoms with E-state index in [-0.39, 0.29) is 0 Å². The zero-order valence-corrected chi connectivity index (χ0v) is 11.7. The Hall–Kier alpha value is -0.160. The van der Waals surface area contributed by atoms with Crippen molar-refractivity contribution in [2.45, 2.75) is 19.8 Å². The molecule has 1 aliphatic rings. The van der Waals surface area contributed by atoms with E-state index in [0.717, 1.165) is 13.1 Å². The lowest BCUT2D eigenvalue weighted by atomic mass is 10.2. The smallest absolute Gasteiger partial charge is 0.0110 e. The Kier molecular flexibility index (Phi) is 8.61. The molecule has 0 atom stereocenters. The summed E-state index contributed by atoms with van der Waals surface area (Å²) in [5, 5.41) is 6.60. The molecule has 4 nitrogen and oxygen atoms in total. The lowest BCUT2D eigenvalue weighted by molar-refractivity contribution is 0.130. The van der Waals surface area contributed by atoms with Crippen molar-refractivity contribution in [2.75, 3.05) is 66.0 Å². The molecule has 1 rings (SSSR count). The fourth-order valence-corrected chi connectivity index (χ4v) is 2.32.